The Bertz CT molecular complexity index is 2710. The summed E-state index contributed by atoms with van der Waals surface area (Å²) in [4.78, 5) is 7.46. The van der Waals surface area contributed by atoms with Crippen molar-refractivity contribution in [3.05, 3.63) is 208 Å². The molecule has 0 N–H and O–H groups in total. The highest BCUT2D eigenvalue weighted by molar-refractivity contribution is 7.09. The second-order valence-corrected chi connectivity index (χ2v) is 25.6. The molecule has 0 unspecified atom stereocenters. The van der Waals surface area contributed by atoms with E-state index in [2.05, 4.69) is 213 Å². The van der Waals surface area contributed by atoms with Crippen LogP contribution in [0, 0.1) is 0 Å². The lowest BCUT2D eigenvalue weighted by molar-refractivity contribution is 0.0539. The van der Waals surface area contributed by atoms with Crippen molar-refractivity contribution in [3.63, 3.8) is 0 Å². The second kappa shape index (κ2) is 57.5. The van der Waals surface area contributed by atoms with Crippen LogP contribution in [-0.4, -0.2) is 115 Å². The van der Waals surface area contributed by atoms with Crippen molar-refractivity contribution in [2.45, 2.75) is 218 Å². The van der Waals surface area contributed by atoms with Gasteiger partial charge in [0.25, 0.3) is 0 Å². The van der Waals surface area contributed by atoms with Gasteiger partial charge in [0.1, 0.15) is 5.75 Å². The molecule has 94 heavy (non-hydrogen) atoms. The van der Waals surface area contributed by atoms with Gasteiger partial charge in [-0.1, -0.05) is 129 Å². The Kier molecular flexibility index (Phi) is 52.7. The zero-order valence-corrected chi connectivity index (χ0v) is 62.3. The lowest BCUT2D eigenvalue weighted by atomic mass is 10.0. The van der Waals surface area contributed by atoms with Crippen LogP contribution in [0.4, 0.5) is 5.69 Å². The van der Waals surface area contributed by atoms with Gasteiger partial charge in [0, 0.05) is 69.9 Å². The van der Waals surface area contributed by atoms with Gasteiger partial charge in [-0.25, -0.2) is 0 Å². The summed E-state index contributed by atoms with van der Waals surface area (Å²) in [5.41, 5.74) is 10.2. The molecule has 0 saturated heterocycles. The summed E-state index contributed by atoms with van der Waals surface area (Å²) in [5, 5.41) is 2.10. The monoisotopic (exact) mass is 1310 g/mol. The fourth-order valence-electron chi connectivity index (χ4n) is 8.13. The number of ether oxygens (including phenoxy) is 9. The van der Waals surface area contributed by atoms with E-state index in [0.717, 1.165) is 104 Å². The zero-order chi connectivity index (χ0) is 69.4. The summed E-state index contributed by atoms with van der Waals surface area (Å²) in [6.45, 7) is 40.9. The van der Waals surface area contributed by atoms with Crippen LogP contribution >= 0.6 is 11.3 Å². The van der Waals surface area contributed by atoms with Crippen LogP contribution in [0.25, 0.3) is 11.1 Å². The Balaban J connectivity index is 0.000000552. The van der Waals surface area contributed by atoms with E-state index in [-0.39, 0.29) is 12.2 Å². The standard InChI is InChI=1S/C16H18O.C14H22O2.C13H21NO.C12H18O.C10H15NO.C9H14OS.C8H18O2/c1-13(2)17-12-15-10-6-7-11-16(15)14-8-4-3-5-9-14;1-4-5-10-15-14-8-6-13(7-9-14)11-16-12(2)3;1-11(2)15-10-9-12-5-7-13(8-6-12)14(3)4;1-11(2)13-10-6-9-12-7-4-3-5-8-12;1-9(2)12-8-5-10-3-6-11-7-4-10;1-8(2)10-6-5-9-4-3-7-11-9;1-4-9-6-5-7-10-8(2)3/h3-11,13H,12H2,1-2H3;6-9,12H,4-5,10-11H2,1-3H3;5-8,11H,9-10H2,1-4H3;3-5,7-8,11H,6,9-10H2,1-2H3;3-4,6-7,9H,5,8H2,1-2H3;3-4,7-8H,5-6H2,1-2H3;8H,4-7H2,1-3H3. The molecule has 0 spiro atoms. The summed E-state index contributed by atoms with van der Waals surface area (Å²) < 4.78 is 49.1. The summed E-state index contributed by atoms with van der Waals surface area (Å²) in [6.07, 6.45) is 14.4. The van der Waals surface area contributed by atoms with Gasteiger partial charge in [0.2, 0.25) is 0 Å². The highest BCUT2D eigenvalue weighted by Crippen LogP contribution is 2.24. The largest absolute Gasteiger partial charge is 0.494 e. The predicted octanol–water partition coefficient (Wildman–Crippen LogP) is 20.4. The Morgan fingerprint density at radius 2 is 0.851 bits per heavy atom. The van der Waals surface area contributed by atoms with Crippen LogP contribution in [0.1, 0.15) is 169 Å². The first kappa shape index (κ1) is 86.2. The minimum Gasteiger partial charge on any atom is -0.494 e. The third-order valence-corrected chi connectivity index (χ3v) is 14.1. The third kappa shape index (κ3) is 50.6. The fraction of sp³-hybridized carbons (Fsp3) is 0.524. The van der Waals surface area contributed by atoms with E-state index < -0.39 is 0 Å². The molecule has 0 bridgehead atoms. The number of pyridine rings is 1. The van der Waals surface area contributed by atoms with Gasteiger partial charge in [0.15, 0.2) is 0 Å². The van der Waals surface area contributed by atoms with E-state index in [1.54, 1.807) is 11.3 Å². The number of rotatable bonds is 35. The topological polar surface area (TPSA) is 99.2 Å². The fourth-order valence-corrected chi connectivity index (χ4v) is 8.82. The number of hydrogen-bond donors (Lipinski definition) is 0. The van der Waals surface area contributed by atoms with Crippen molar-refractivity contribution in [1.29, 1.82) is 0 Å². The Labute approximate surface area is 576 Å². The van der Waals surface area contributed by atoms with E-state index >= 15 is 0 Å². The molecule has 0 radical (unpaired) electrons. The average Bonchev–Trinajstić information content (AvgIpc) is 0.983. The molecule has 5 aromatic carbocycles. The lowest BCUT2D eigenvalue weighted by Crippen LogP contribution is -2.09. The molecule has 2 heterocycles. The maximum Gasteiger partial charge on any atom is 0.119 e. The molecule has 0 saturated carbocycles. The van der Waals surface area contributed by atoms with Gasteiger partial charge in [-0.2, -0.15) is 0 Å². The van der Waals surface area contributed by atoms with Crippen LogP contribution in [0.2, 0.25) is 0 Å². The number of unbranched alkanes of at least 4 members (excludes halogenated alkanes) is 1. The average molecular weight is 1320 g/mol. The van der Waals surface area contributed by atoms with Crippen molar-refractivity contribution < 1.29 is 42.6 Å². The molecule has 0 aliphatic rings. The first-order valence-electron chi connectivity index (χ1n) is 34.7. The Hall–Kier alpha value is -5.77. The summed E-state index contributed by atoms with van der Waals surface area (Å²) in [7, 11) is 4.10. The van der Waals surface area contributed by atoms with Crippen molar-refractivity contribution in [2.75, 3.05) is 71.9 Å². The van der Waals surface area contributed by atoms with Gasteiger partial charge in [-0.05, 0) is 229 Å². The number of aryl methyl sites for hydroxylation is 1. The van der Waals surface area contributed by atoms with Gasteiger partial charge < -0.3 is 47.5 Å². The Morgan fingerprint density at radius 3 is 1.36 bits per heavy atom. The molecule has 0 fully saturated rings. The lowest BCUT2D eigenvalue weighted by Gasteiger charge is -2.13. The quantitative estimate of drug-likeness (QED) is 0.0355. The molecular weight excluding hydrogens is 1190 g/mol. The van der Waals surface area contributed by atoms with Crippen LogP contribution < -0.4 is 9.64 Å². The van der Waals surface area contributed by atoms with E-state index in [1.165, 1.54) is 55.9 Å². The molecule has 11 nitrogen and oxygen atoms in total. The van der Waals surface area contributed by atoms with Crippen molar-refractivity contribution in [1.82, 2.24) is 4.98 Å². The number of aromatic nitrogens is 1. The van der Waals surface area contributed by atoms with Crippen LogP contribution in [0.15, 0.2) is 175 Å². The second-order valence-electron chi connectivity index (χ2n) is 24.6. The molecule has 7 aromatic rings. The highest BCUT2D eigenvalue weighted by Gasteiger charge is 2.06. The molecule has 12 heteroatoms. The smallest absolute Gasteiger partial charge is 0.119 e. The molecule has 524 valence electrons. The number of benzene rings is 5. The number of hydrogen-bond acceptors (Lipinski definition) is 12. The molecule has 0 aliphatic carbocycles. The maximum absolute atomic E-state index is 5.69. The normalized spacial score (nSPS) is 10.7. The van der Waals surface area contributed by atoms with Crippen molar-refractivity contribution in [3.8, 4) is 16.9 Å². The third-order valence-electron chi connectivity index (χ3n) is 13.2. The van der Waals surface area contributed by atoms with E-state index in [4.69, 9.17) is 42.6 Å². The van der Waals surface area contributed by atoms with Gasteiger partial charge in [-0.15, -0.1) is 11.3 Å². The van der Waals surface area contributed by atoms with Crippen molar-refractivity contribution >= 4 is 17.0 Å². The van der Waals surface area contributed by atoms with E-state index in [0.29, 0.717) is 43.7 Å². The summed E-state index contributed by atoms with van der Waals surface area (Å²) in [6, 6.07) is 54.4. The van der Waals surface area contributed by atoms with E-state index in [1.807, 2.05) is 97.3 Å². The number of anilines is 1. The maximum atomic E-state index is 5.69. The molecular formula is C82H126N2O9S. The first-order valence-corrected chi connectivity index (χ1v) is 35.6. The zero-order valence-electron chi connectivity index (χ0n) is 61.5. The first-order chi connectivity index (χ1) is 45.2. The van der Waals surface area contributed by atoms with Gasteiger partial charge in [0.05, 0.1) is 82.4 Å². The number of nitrogens with zero attached hydrogens (tertiary/aromatic N) is 2. The van der Waals surface area contributed by atoms with Crippen LogP contribution in [-0.2, 0) is 76.8 Å². The predicted molar refractivity (Wildman–Crippen MR) is 400 cm³/mol. The van der Waals surface area contributed by atoms with Gasteiger partial charge in [-0.3, -0.25) is 4.98 Å². The number of thiophene rings is 1. The molecule has 0 atom stereocenters. The summed E-state index contributed by atoms with van der Waals surface area (Å²) >= 11 is 1.79. The van der Waals surface area contributed by atoms with Crippen LogP contribution in [0.3, 0.4) is 0 Å². The Morgan fingerprint density at radius 1 is 0.383 bits per heavy atom. The minimum absolute atomic E-state index is 0.263. The molecule has 0 aliphatic heterocycles. The molecule has 7 rings (SSSR count). The van der Waals surface area contributed by atoms with Gasteiger partial charge >= 0.3 is 0 Å². The van der Waals surface area contributed by atoms with Crippen LogP contribution in [0.5, 0.6) is 5.75 Å². The minimum atomic E-state index is 0.263. The van der Waals surface area contributed by atoms with Crippen molar-refractivity contribution in [2.24, 2.45) is 0 Å². The van der Waals surface area contributed by atoms with E-state index in [9.17, 15) is 0 Å². The molecule has 2 aromatic heterocycles. The SMILES string of the molecule is CC(C)OCCCc1ccccc1.CC(C)OCCc1ccc(N(C)C)cc1.CC(C)OCCc1cccs1.CC(C)OCCc1ccncc1.CC(C)OCc1ccccc1-c1ccccc1.CCCCOc1ccc(COC(C)C)cc1.CCOCCCOC(C)C. The summed E-state index contributed by atoms with van der Waals surface area (Å²) in [5.74, 6) is 0.946. The molecule has 0 amide bonds. The highest BCUT2D eigenvalue weighted by atomic mass is 32.1.